The maximum atomic E-state index is 9.66. The Morgan fingerprint density at radius 1 is 0.929 bits per heavy atom. The van der Waals surface area contributed by atoms with Gasteiger partial charge in [0.1, 0.15) is 17.4 Å². The maximum absolute atomic E-state index is 9.66. The van der Waals surface area contributed by atoms with E-state index in [-0.39, 0.29) is 0 Å². The van der Waals surface area contributed by atoms with Crippen molar-refractivity contribution >= 4 is 0 Å². The second-order valence-electron chi connectivity index (χ2n) is 8.44. The number of phenolic OH excluding ortho intramolecular Hbond substituents is 1. The van der Waals surface area contributed by atoms with Crippen molar-refractivity contribution in [2.24, 2.45) is 7.05 Å². The lowest BCUT2D eigenvalue weighted by Gasteiger charge is -2.31. The zero-order chi connectivity index (χ0) is 19.3. The van der Waals surface area contributed by atoms with E-state index in [4.69, 9.17) is 0 Å². The fourth-order valence-electron chi connectivity index (χ4n) is 4.63. The quantitative estimate of drug-likeness (QED) is 0.859. The first kappa shape index (κ1) is 19.4. The van der Waals surface area contributed by atoms with Gasteiger partial charge in [-0.25, -0.2) is 0 Å². The Morgan fingerprint density at radius 3 is 2.36 bits per heavy atom. The molecule has 6 heteroatoms. The molecule has 2 fully saturated rings. The molecule has 4 rings (SSSR count). The molecular formula is C22H33N5O. The van der Waals surface area contributed by atoms with Gasteiger partial charge in [-0.05, 0) is 69.6 Å². The minimum atomic E-state index is 0.350. The molecule has 0 spiro atoms. The third kappa shape index (κ3) is 4.73. The van der Waals surface area contributed by atoms with Crippen molar-refractivity contribution in [3.8, 4) is 5.75 Å². The molecule has 0 radical (unpaired) electrons. The second-order valence-corrected chi connectivity index (χ2v) is 8.44. The van der Waals surface area contributed by atoms with E-state index in [1.165, 1.54) is 44.3 Å². The number of hydrogen-bond acceptors (Lipinski definition) is 5. The van der Waals surface area contributed by atoms with E-state index in [0.29, 0.717) is 11.7 Å². The molecule has 0 aliphatic carbocycles. The van der Waals surface area contributed by atoms with Crippen LogP contribution in [0, 0.1) is 0 Å². The smallest absolute Gasteiger partial charge is 0.146 e. The van der Waals surface area contributed by atoms with E-state index in [0.717, 1.165) is 50.7 Å². The van der Waals surface area contributed by atoms with Crippen molar-refractivity contribution < 1.29 is 5.11 Å². The summed E-state index contributed by atoms with van der Waals surface area (Å²) in [6.07, 6.45) is 7.58. The minimum absolute atomic E-state index is 0.350. The number of aromatic hydroxyl groups is 1. The summed E-state index contributed by atoms with van der Waals surface area (Å²) in [5.74, 6) is 3.11. The average molecular weight is 384 g/mol. The number of aromatic nitrogens is 3. The van der Waals surface area contributed by atoms with Crippen molar-refractivity contribution in [1.29, 1.82) is 0 Å². The number of likely N-dealkylation sites (tertiary alicyclic amines) is 2. The lowest BCUT2D eigenvalue weighted by molar-refractivity contribution is 0.200. The summed E-state index contributed by atoms with van der Waals surface area (Å²) in [5.41, 5.74) is 1.18. The van der Waals surface area contributed by atoms with Gasteiger partial charge in [-0.2, -0.15) is 0 Å². The topological polar surface area (TPSA) is 57.4 Å². The van der Waals surface area contributed by atoms with Crippen LogP contribution < -0.4 is 0 Å². The molecule has 0 saturated carbocycles. The number of rotatable bonds is 5. The SMILES string of the molecule is Cn1c(CN2CCCCCC2)nnc1C1CCN(Cc2cccc(O)c2)CC1. The predicted octanol–water partition coefficient (Wildman–Crippen LogP) is 3.28. The Morgan fingerprint density at radius 2 is 1.64 bits per heavy atom. The lowest BCUT2D eigenvalue weighted by atomic mass is 9.95. The first-order valence-electron chi connectivity index (χ1n) is 10.8. The summed E-state index contributed by atoms with van der Waals surface area (Å²) >= 11 is 0. The van der Waals surface area contributed by atoms with Crippen LogP contribution in [0.15, 0.2) is 24.3 Å². The van der Waals surface area contributed by atoms with Crippen LogP contribution in [0.3, 0.4) is 0 Å². The number of hydrogen-bond donors (Lipinski definition) is 1. The number of nitrogens with zero attached hydrogens (tertiary/aromatic N) is 5. The molecule has 2 saturated heterocycles. The molecule has 6 nitrogen and oxygen atoms in total. The Labute approximate surface area is 168 Å². The molecule has 0 unspecified atom stereocenters. The van der Waals surface area contributed by atoms with E-state index in [9.17, 15) is 5.11 Å². The largest absolute Gasteiger partial charge is 0.508 e. The summed E-state index contributed by atoms with van der Waals surface area (Å²) in [6.45, 7) is 6.34. The van der Waals surface area contributed by atoms with E-state index in [2.05, 4.69) is 37.7 Å². The molecule has 2 aliphatic heterocycles. The van der Waals surface area contributed by atoms with E-state index in [1.807, 2.05) is 12.1 Å². The van der Waals surface area contributed by atoms with Crippen LogP contribution in [0.1, 0.15) is 61.7 Å². The Kier molecular flexibility index (Phi) is 6.27. The Hall–Kier alpha value is -1.92. The zero-order valence-corrected chi connectivity index (χ0v) is 17.1. The maximum Gasteiger partial charge on any atom is 0.146 e. The first-order chi connectivity index (χ1) is 13.7. The van der Waals surface area contributed by atoms with Crippen molar-refractivity contribution in [3.05, 3.63) is 41.5 Å². The van der Waals surface area contributed by atoms with E-state index >= 15 is 0 Å². The fourth-order valence-corrected chi connectivity index (χ4v) is 4.63. The molecule has 1 N–H and O–H groups in total. The fraction of sp³-hybridized carbons (Fsp3) is 0.636. The molecule has 0 bridgehead atoms. The van der Waals surface area contributed by atoms with E-state index in [1.54, 1.807) is 6.07 Å². The normalized spacial score (nSPS) is 20.3. The van der Waals surface area contributed by atoms with Crippen molar-refractivity contribution in [3.63, 3.8) is 0 Å². The molecule has 0 atom stereocenters. The van der Waals surface area contributed by atoms with Gasteiger partial charge in [0.25, 0.3) is 0 Å². The van der Waals surface area contributed by atoms with Crippen molar-refractivity contribution in [2.75, 3.05) is 26.2 Å². The van der Waals surface area contributed by atoms with Crippen molar-refractivity contribution in [1.82, 2.24) is 24.6 Å². The summed E-state index contributed by atoms with van der Waals surface area (Å²) < 4.78 is 2.25. The summed E-state index contributed by atoms with van der Waals surface area (Å²) in [7, 11) is 2.14. The molecule has 1 aromatic heterocycles. The van der Waals surface area contributed by atoms with Crippen molar-refractivity contribution in [2.45, 2.75) is 57.5 Å². The van der Waals surface area contributed by atoms with Crippen LogP contribution in [0.5, 0.6) is 5.75 Å². The molecule has 152 valence electrons. The third-order valence-electron chi connectivity index (χ3n) is 6.33. The highest BCUT2D eigenvalue weighted by Crippen LogP contribution is 2.28. The predicted molar refractivity (Wildman–Crippen MR) is 110 cm³/mol. The minimum Gasteiger partial charge on any atom is -0.508 e. The molecule has 3 heterocycles. The number of benzene rings is 1. The highest BCUT2D eigenvalue weighted by atomic mass is 16.3. The molecule has 28 heavy (non-hydrogen) atoms. The van der Waals surface area contributed by atoms with Crippen LogP contribution in [0.2, 0.25) is 0 Å². The Bertz CT molecular complexity index is 758. The van der Waals surface area contributed by atoms with Crippen LogP contribution in [0.4, 0.5) is 0 Å². The average Bonchev–Trinajstić information content (AvgIpc) is 2.89. The molecule has 1 aromatic carbocycles. The Balaban J connectivity index is 1.32. The van der Waals surface area contributed by atoms with Gasteiger partial charge in [-0.15, -0.1) is 10.2 Å². The number of phenols is 1. The lowest BCUT2D eigenvalue weighted by Crippen LogP contribution is -2.33. The monoisotopic (exact) mass is 383 g/mol. The highest BCUT2D eigenvalue weighted by molar-refractivity contribution is 5.27. The third-order valence-corrected chi connectivity index (χ3v) is 6.33. The van der Waals surface area contributed by atoms with Gasteiger partial charge < -0.3 is 9.67 Å². The summed E-state index contributed by atoms with van der Waals surface area (Å²) in [6, 6.07) is 7.60. The molecular weight excluding hydrogens is 350 g/mol. The van der Waals surface area contributed by atoms with Crippen LogP contribution >= 0.6 is 0 Å². The van der Waals surface area contributed by atoms with Gasteiger partial charge >= 0.3 is 0 Å². The summed E-state index contributed by atoms with van der Waals surface area (Å²) in [5, 5.41) is 18.8. The van der Waals surface area contributed by atoms with Crippen LogP contribution in [0.25, 0.3) is 0 Å². The molecule has 2 aliphatic rings. The second kappa shape index (κ2) is 9.05. The molecule has 2 aromatic rings. The standard InChI is InChI=1S/C22H33N5O/c1-25-21(17-26-11-4-2-3-5-12-26)23-24-22(25)19-9-13-27(14-10-19)16-18-7-6-8-20(28)15-18/h6-8,15,19,28H,2-5,9-14,16-17H2,1H3. The van der Waals surface area contributed by atoms with Gasteiger partial charge in [-0.3, -0.25) is 9.80 Å². The highest BCUT2D eigenvalue weighted by Gasteiger charge is 2.25. The van der Waals surface area contributed by atoms with Gasteiger partial charge in [0, 0.05) is 19.5 Å². The van der Waals surface area contributed by atoms with Crippen LogP contribution in [-0.4, -0.2) is 55.8 Å². The van der Waals surface area contributed by atoms with Gasteiger partial charge in [0.15, 0.2) is 0 Å². The zero-order valence-electron chi connectivity index (χ0n) is 17.1. The number of piperidine rings is 1. The first-order valence-corrected chi connectivity index (χ1v) is 10.8. The van der Waals surface area contributed by atoms with Gasteiger partial charge in [-0.1, -0.05) is 25.0 Å². The van der Waals surface area contributed by atoms with Gasteiger partial charge in [0.05, 0.1) is 6.54 Å². The molecule has 0 amide bonds. The van der Waals surface area contributed by atoms with E-state index < -0.39 is 0 Å². The summed E-state index contributed by atoms with van der Waals surface area (Å²) in [4.78, 5) is 5.01. The van der Waals surface area contributed by atoms with Gasteiger partial charge in [0.2, 0.25) is 0 Å². The van der Waals surface area contributed by atoms with Crippen LogP contribution in [-0.2, 0) is 20.1 Å².